The van der Waals surface area contributed by atoms with E-state index in [-0.39, 0.29) is 5.41 Å². The van der Waals surface area contributed by atoms with Gasteiger partial charge in [-0.2, -0.15) is 5.26 Å². The molecule has 0 spiro atoms. The molecule has 2 rings (SSSR count). The van der Waals surface area contributed by atoms with Crippen LogP contribution < -0.4 is 0 Å². The van der Waals surface area contributed by atoms with E-state index in [1.807, 2.05) is 6.07 Å². The number of aromatic nitrogens is 2. The molecular formula is C10H11N3. The van der Waals surface area contributed by atoms with E-state index in [2.05, 4.69) is 16.0 Å². The maximum atomic E-state index is 9.16. The summed E-state index contributed by atoms with van der Waals surface area (Å²) in [6.07, 6.45) is 7.39. The van der Waals surface area contributed by atoms with Crippen molar-refractivity contribution in [1.82, 2.24) is 9.97 Å². The van der Waals surface area contributed by atoms with Crippen LogP contribution in [0.3, 0.4) is 0 Å². The van der Waals surface area contributed by atoms with Gasteiger partial charge in [0.2, 0.25) is 0 Å². The third kappa shape index (κ3) is 1.29. The lowest BCUT2D eigenvalue weighted by Gasteiger charge is -2.18. The summed E-state index contributed by atoms with van der Waals surface area (Å²) in [4.78, 5) is 8.03. The molecule has 1 aromatic heterocycles. The number of nitriles is 1. The first-order valence-corrected chi connectivity index (χ1v) is 4.55. The Hall–Kier alpha value is -1.43. The summed E-state index contributed by atoms with van der Waals surface area (Å²) in [5, 5.41) is 9.16. The Morgan fingerprint density at radius 3 is 2.69 bits per heavy atom. The van der Waals surface area contributed by atoms with E-state index in [9.17, 15) is 0 Å². The molecule has 1 fully saturated rings. The van der Waals surface area contributed by atoms with Crippen LogP contribution in [0.1, 0.15) is 31.4 Å². The Balaban J connectivity index is 2.38. The van der Waals surface area contributed by atoms with Crippen molar-refractivity contribution in [2.75, 3.05) is 0 Å². The van der Waals surface area contributed by atoms with Gasteiger partial charge in [0.15, 0.2) is 0 Å². The van der Waals surface area contributed by atoms with Crippen molar-refractivity contribution in [1.29, 1.82) is 5.26 Å². The molecule has 0 aliphatic heterocycles. The molecule has 1 saturated carbocycles. The Morgan fingerprint density at radius 2 is 2.15 bits per heavy atom. The van der Waals surface area contributed by atoms with Crippen LogP contribution in [0.5, 0.6) is 0 Å². The normalized spacial score (nSPS) is 19.6. The molecule has 13 heavy (non-hydrogen) atoms. The third-order valence-corrected chi connectivity index (χ3v) is 2.74. The van der Waals surface area contributed by atoms with Crippen LogP contribution in [0.2, 0.25) is 0 Å². The van der Waals surface area contributed by atoms with E-state index in [1.165, 1.54) is 6.33 Å². The summed E-state index contributed by atoms with van der Waals surface area (Å²) >= 11 is 0. The van der Waals surface area contributed by atoms with Crippen molar-refractivity contribution >= 4 is 0 Å². The predicted molar refractivity (Wildman–Crippen MR) is 47.8 cm³/mol. The van der Waals surface area contributed by atoms with Crippen molar-refractivity contribution in [3.8, 4) is 6.07 Å². The van der Waals surface area contributed by atoms with Crippen LogP contribution in [0, 0.1) is 11.3 Å². The molecule has 0 saturated heterocycles. The molecule has 0 bridgehead atoms. The first-order valence-electron chi connectivity index (χ1n) is 4.55. The van der Waals surface area contributed by atoms with Gasteiger partial charge < -0.3 is 0 Å². The zero-order valence-electron chi connectivity index (χ0n) is 7.40. The molecule has 0 aromatic carbocycles. The Morgan fingerprint density at radius 1 is 1.38 bits per heavy atom. The second-order valence-electron chi connectivity index (χ2n) is 3.50. The van der Waals surface area contributed by atoms with Crippen LogP contribution in [-0.2, 0) is 5.41 Å². The lowest BCUT2D eigenvalue weighted by Crippen LogP contribution is -2.20. The predicted octanol–water partition coefficient (Wildman–Crippen LogP) is 1.81. The monoisotopic (exact) mass is 173 g/mol. The molecular weight excluding hydrogens is 162 g/mol. The molecule has 0 atom stereocenters. The van der Waals surface area contributed by atoms with Gasteiger partial charge in [0.1, 0.15) is 6.33 Å². The first-order chi connectivity index (χ1) is 6.37. The maximum Gasteiger partial charge on any atom is 0.115 e. The molecule has 0 unspecified atom stereocenters. The molecule has 0 radical (unpaired) electrons. The van der Waals surface area contributed by atoms with Gasteiger partial charge in [0.25, 0.3) is 0 Å². The fraction of sp³-hybridized carbons (Fsp3) is 0.500. The molecule has 1 aliphatic rings. The van der Waals surface area contributed by atoms with Gasteiger partial charge in [-0.3, -0.25) is 0 Å². The smallest absolute Gasteiger partial charge is 0.115 e. The van der Waals surface area contributed by atoms with Crippen molar-refractivity contribution in [3.05, 3.63) is 24.3 Å². The summed E-state index contributed by atoms with van der Waals surface area (Å²) in [7, 11) is 0. The van der Waals surface area contributed by atoms with Crippen molar-refractivity contribution in [3.63, 3.8) is 0 Å². The second kappa shape index (κ2) is 3.14. The molecule has 0 amide bonds. The zero-order chi connectivity index (χ0) is 9.15. The summed E-state index contributed by atoms with van der Waals surface area (Å²) in [5.41, 5.74) is 0.575. The molecule has 66 valence electrons. The highest BCUT2D eigenvalue weighted by molar-refractivity contribution is 5.26. The van der Waals surface area contributed by atoms with E-state index in [0.717, 1.165) is 31.4 Å². The summed E-state index contributed by atoms with van der Waals surface area (Å²) in [6, 6.07) is 4.26. The minimum Gasteiger partial charge on any atom is -0.245 e. The molecule has 3 heteroatoms. The molecule has 1 aromatic rings. The van der Waals surface area contributed by atoms with Crippen molar-refractivity contribution < 1.29 is 0 Å². The highest BCUT2D eigenvalue weighted by Crippen LogP contribution is 2.39. The van der Waals surface area contributed by atoms with E-state index in [1.54, 1.807) is 6.20 Å². The highest BCUT2D eigenvalue weighted by atomic mass is 14.8. The van der Waals surface area contributed by atoms with Crippen LogP contribution in [0.25, 0.3) is 0 Å². The summed E-state index contributed by atoms with van der Waals surface area (Å²) in [5.74, 6) is 0. The van der Waals surface area contributed by atoms with Gasteiger partial charge in [-0.05, 0) is 18.9 Å². The Labute approximate surface area is 77.4 Å². The van der Waals surface area contributed by atoms with Gasteiger partial charge in [0.05, 0.1) is 17.2 Å². The van der Waals surface area contributed by atoms with E-state index >= 15 is 0 Å². The van der Waals surface area contributed by atoms with Gasteiger partial charge in [-0.1, -0.05) is 12.8 Å². The van der Waals surface area contributed by atoms with Gasteiger partial charge in [-0.25, -0.2) is 9.97 Å². The first kappa shape index (κ1) is 8.18. The van der Waals surface area contributed by atoms with Crippen LogP contribution in [-0.4, -0.2) is 9.97 Å². The fourth-order valence-corrected chi connectivity index (χ4v) is 1.98. The third-order valence-electron chi connectivity index (χ3n) is 2.74. The van der Waals surface area contributed by atoms with Crippen molar-refractivity contribution in [2.45, 2.75) is 31.1 Å². The zero-order valence-corrected chi connectivity index (χ0v) is 7.40. The van der Waals surface area contributed by atoms with Crippen LogP contribution in [0.4, 0.5) is 0 Å². The lowest BCUT2D eigenvalue weighted by atomic mass is 9.84. The standard InChI is InChI=1S/C10H11N3/c11-7-10(4-1-2-5-10)9-3-6-12-8-13-9/h3,6,8H,1-2,4-5H2. The van der Waals surface area contributed by atoms with Crippen molar-refractivity contribution in [2.24, 2.45) is 0 Å². The molecule has 3 nitrogen and oxygen atoms in total. The maximum absolute atomic E-state index is 9.16. The van der Waals surface area contributed by atoms with Gasteiger partial charge in [0, 0.05) is 6.20 Å². The highest BCUT2D eigenvalue weighted by Gasteiger charge is 2.36. The Kier molecular flexibility index (Phi) is 1.97. The summed E-state index contributed by atoms with van der Waals surface area (Å²) < 4.78 is 0. The Bertz CT molecular complexity index is 320. The molecule has 1 aliphatic carbocycles. The van der Waals surface area contributed by atoms with E-state index in [0.29, 0.717) is 0 Å². The summed E-state index contributed by atoms with van der Waals surface area (Å²) in [6.45, 7) is 0. The SMILES string of the molecule is N#CC1(c2ccncn2)CCCC1. The largest absolute Gasteiger partial charge is 0.245 e. The minimum absolute atomic E-state index is 0.317. The topological polar surface area (TPSA) is 49.6 Å². The second-order valence-corrected chi connectivity index (χ2v) is 3.50. The van der Waals surface area contributed by atoms with E-state index < -0.39 is 0 Å². The molecule has 1 heterocycles. The molecule has 0 N–H and O–H groups in total. The lowest BCUT2D eigenvalue weighted by molar-refractivity contribution is 0.552. The fourth-order valence-electron chi connectivity index (χ4n) is 1.98. The number of hydrogen-bond acceptors (Lipinski definition) is 3. The quantitative estimate of drug-likeness (QED) is 0.650. The van der Waals surface area contributed by atoms with Crippen LogP contribution >= 0.6 is 0 Å². The van der Waals surface area contributed by atoms with Crippen LogP contribution in [0.15, 0.2) is 18.6 Å². The number of hydrogen-bond donors (Lipinski definition) is 0. The average Bonchev–Trinajstić information content (AvgIpc) is 2.69. The average molecular weight is 173 g/mol. The number of rotatable bonds is 1. The number of nitrogens with zero attached hydrogens (tertiary/aromatic N) is 3. The van der Waals surface area contributed by atoms with Gasteiger partial charge >= 0.3 is 0 Å². The van der Waals surface area contributed by atoms with Gasteiger partial charge in [-0.15, -0.1) is 0 Å². The minimum atomic E-state index is -0.317. The van der Waals surface area contributed by atoms with E-state index in [4.69, 9.17) is 5.26 Å².